The first-order chi connectivity index (χ1) is 25.8. The molecular weight excluding hydrogens is 743 g/mol. The van der Waals surface area contributed by atoms with E-state index in [1.54, 1.807) is 12.1 Å². The maximum absolute atomic E-state index is 11.6. The summed E-state index contributed by atoms with van der Waals surface area (Å²) in [5, 5.41) is 49.2. The van der Waals surface area contributed by atoms with Crippen molar-refractivity contribution in [2.75, 3.05) is 0 Å². The maximum Gasteiger partial charge on any atom is 0.337 e. The first kappa shape index (κ1) is 41.4. The Balaban J connectivity index is 0.000000240. The largest absolute Gasteiger partial charge is 0.493 e. The van der Waals surface area contributed by atoms with E-state index in [1.165, 1.54) is 21.8 Å². The van der Waals surface area contributed by atoms with Gasteiger partial charge in [-0.25, -0.2) is 19.0 Å². The molecule has 0 saturated carbocycles. The molecule has 12 nitrogen and oxygen atoms in total. The van der Waals surface area contributed by atoms with E-state index in [9.17, 15) is 30.0 Å². The van der Waals surface area contributed by atoms with Gasteiger partial charge in [0.1, 0.15) is 0 Å². The number of para-hydroxylation sites is 2. The molecule has 0 spiro atoms. The van der Waals surface area contributed by atoms with Crippen LogP contribution in [0.4, 0.5) is 11.4 Å². The van der Waals surface area contributed by atoms with Gasteiger partial charge in [0.25, 0.3) is 0 Å². The second kappa shape index (κ2) is 18.1. The summed E-state index contributed by atoms with van der Waals surface area (Å²) in [7, 11) is 0. The molecule has 285 valence electrons. The smallest absolute Gasteiger partial charge is 0.337 e. The van der Waals surface area contributed by atoms with E-state index >= 15 is 0 Å². The molecule has 0 atom stereocenters. The van der Waals surface area contributed by atoms with E-state index in [2.05, 4.69) is 20.2 Å². The number of aryl methyl sites for hydroxylation is 6. The molecule has 0 aliphatic rings. The molecular formula is C42H42CoN6O6. The van der Waals surface area contributed by atoms with Crippen LogP contribution >= 0.6 is 0 Å². The summed E-state index contributed by atoms with van der Waals surface area (Å²) in [6.45, 7) is 11.2. The molecule has 4 N–H and O–H groups in total. The number of nitrogens with zero attached hydrogens (tertiary/aromatic N) is 6. The summed E-state index contributed by atoms with van der Waals surface area (Å²) in [6, 6.07) is 25.6. The SMILES string of the molecule is CCc1nn(-c2ccccc2)c(O)c1C=Nc1c(C)cc(C)cc1C(=O)O.CCc1nn(-c2ccccc2)c(O)c1C=Nc1c(C)cc(C)cc1C(=O)O.[Co]. The maximum atomic E-state index is 11.6. The fourth-order valence-corrected chi connectivity index (χ4v) is 6.06. The molecule has 4 aromatic carbocycles. The van der Waals surface area contributed by atoms with Crippen molar-refractivity contribution < 1.29 is 46.8 Å². The van der Waals surface area contributed by atoms with Gasteiger partial charge in [-0.05, 0) is 99.2 Å². The van der Waals surface area contributed by atoms with Crippen molar-refractivity contribution in [3.05, 3.63) is 141 Å². The Morgan fingerprint density at radius 2 is 0.964 bits per heavy atom. The minimum Gasteiger partial charge on any atom is -0.493 e. The number of aromatic carboxylic acids is 2. The molecule has 0 unspecified atom stereocenters. The molecule has 13 heteroatoms. The van der Waals surface area contributed by atoms with Crippen molar-refractivity contribution in [3.8, 4) is 23.1 Å². The van der Waals surface area contributed by atoms with E-state index in [1.807, 2.05) is 114 Å². The van der Waals surface area contributed by atoms with Gasteiger partial charge in [0.05, 0.1) is 56.4 Å². The van der Waals surface area contributed by atoms with E-state index in [0.717, 1.165) is 33.6 Å². The summed E-state index contributed by atoms with van der Waals surface area (Å²) < 4.78 is 2.92. The molecule has 0 aliphatic heterocycles. The van der Waals surface area contributed by atoms with Gasteiger partial charge in [-0.15, -0.1) is 0 Å². The summed E-state index contributed by atoms with van der Waals surface area (Å²) in [5.74, 6) is -2.12. The first-order valence-corrected chi connectivity index (χ1v) is 17.3. The van der Waals surface area contributed by atoms with Crippen LogP contribution in [0.15, 0.2) is 94.9 Å². The van der Waals surface area contributed by atoms with Gasteiger partial charge in [0, 0.05) is 29.2 Å². The third kappa shape index (κ3) is 9.26. The Bertz CT molecular complexity index is 2220. The molecule has 0 bridgehead atoms. The van der Waals surface area contributed by atoms with Crippen LogP contribution in [0.3, 0.4) is 0 Å². The van der Waals surface area contributed by atoms with E-state index in [0.29, 0.717) is 46.7 Å². The molecule has 2 aromatic heterocycles. The van der Waals surface area contributed by atoms with E-state index in [-0.39, 0.29) is 39.7 Å². The molecule has 2 heterocycles. The van der Waals surface area contributed by atoms with E-state index in [4.69, 9.17) is 0 Å². The minimum atomic E-state index is -1.03. The zero-order chi connectivity index (χ0) is 39.1. The zero-order valence-electron chi connectivity index (χ0n) is 31.3. The molecule has 1 radical (unpaired) electrons. The number of aliphatic imine (C=N–C) groups is 2. The monoisotopic (exact) mass is 785 g/mol. The van der Waals surface area contributed by atoms with Gasteiger partial charge in [-0.3, -0.25) is 9.98 Å². The van der Waals surface area contributed by atoms with Crippen LogP contribution in [0.5, 0.6) is 11.8 Å². The molecule has 0 fully saturated rings. The van der Waals surface area contributed by atoms with Gasteiger partial charge in [-0.1, -0.05) is 62.4 Å². The number of carboxylic acids is 2. The van der Waals surface area contributed by atoms with Crippen molar-refractivity contribution in [1.82, 2.24) is 19.6 Å². The fraction of sp³-hybridized carbons (Fsp3) is 0.190. The number of hydrogen-bond donors (Lipinski definition) is 4. The molecule has 55 heavy (non-hydrogen) atoms. The van der Waals surface area contributed by atoms with E-state index < -0.39 is 11.9 Å². The third-order valence-corrected chi connectivity index (χ3v) is 8.61. The topological polar surface area (TPSA) is 175 Å². The Hall–Kier alpha value is -6.31. The summed E-state index contributed by atoms with van der Waals surface area (Å²) in [6.07, 6.45) is 4.19. The van der Waals surface area contributed by atoms with Gasteiger partial charge < -0.3 is 20.4 Å². The summed E-state index contributed by atoms with van der Waals surface area (Å²) in [5.41, 5.74) is 8.07. The number of carbonyl (C=O) groups is 2. The average molecular weight is 786 g/mol. The predicted molar refractivity (Wildman–Crippen MR) is 209 cm³/mol. The van der Waals surface area contributed by atoms with Crippen LogP contribution in [0.25, 0.3) is 11.4 Å². The number of aromatic hydroxyl groups is 2. The van der Waals surface area contributed by atoms with Crippen LogP contribution in [0.2, 0.25) is 0 Å². The van der Waals surface area contributed by atoms with Crippen LogP contribution in [0.1, 0.15) is 79.3 Å². The first-order valence-electron chi connectivity index (χ1n) is 17.3. The average Bonchev–Trinajstić information content (AvgIpc) is 3.65. The molecule has 6 rings (SSSR count). The Morgan fingerprint density at radius 3 is 1.27 bits per heavy atom. The second-order valence-corrected chi connectivity index (χ2v) is 12.7. The van der Waals surface area contributed by atoms with Crippen LogP contribution in [0, 0.1) is 27.7 Å². The van der Waals surface area contributed by atoms with Crippen molar-refractivity contribution in [2.24, 2.45) is 9.98 Å². The molecule has 6 aromatic rings. The number of aromatic nitrogens is 4. The Kier molecular flexibility index (Phi) is 13.7. The summed E-state index contributed by atoms with van der Waals surface area (Å²) in [4.78, 5) is 31.9. The van der Waals surface area contributed by atoms with Crippen molar-refractivity contribution in [3.63, 3.8) is 0 Å². The third-order valence-electron chi connectivity index (χ3n) is 8.61. The summed E-state index contributed by atoms with van der Waals surface area (Å²) >= 11 is 0. The predicted octanol–water partition coefficient (Wildman–Crippen LogP) is 8.41. The van der Waals surface area contributed by atoms with Crippen LogP contribution < -0.4 is 0 Å². The van der Waals surface area contributed by atoms with Gasteiger partial charge >= 0.3 is 11.9 Å². The Morgan fingerprint density at radius 1 is 0.618 bits per heavy atom. The van der Waals surface area contributed by atoms with Crippen molar-refractivity contribution in [1.29, 1.82) is 0 Å². The van der Waals surface area contributed by atoms with Crippen LogP contribution in [-0.2, 0) is 29.6 Å². The zero-order valence-corrected chi connectivity index (χ0v) is 32.3. The van der Waals surface area contributed by atoms with Gasteiger partial charge in [-0.2, -0.15) is 10.2 Å². The van der Waals surface area contributed by atoms with Gasteiger partial charge in [0.2, 0.25) is 11.8 Å². The number of benzene rings is 4. The van der Waals surface area contributed by atoms with Crippen LogP contribution in [-0.4, -0.2) is 64.4 Å². The fourth-order valence-electron chi connectivity index (χ4n) is 6.06. The Labute approximate surface area is 329 Å². The standard InChI is InChI=1S/2C21H21N3O3.Co/c2*1-4-18-17(20(25)24(23-18)15-8-6-5-7-9-15)12-22-19-14(3)10-13(2)11-16(19)21(26)27;/h2*5-12,25H,4H2,1-3H3,(H,26,27);. The number of carboxylic acid groups (broad SMARTS) is 2. The normalized spacial score (nSPS) is 11.0. The molecule has 0 amide bonds. The van der Waals surface area contributed by atoms with Crippen molar-refractivity contribution in [2.45, 2.75) is 54.4 Å². The van der Waals surface area contributed by atoms with Gasteiger partial charge in [0.15, 0.2) is 0 Å². The molecule has 0 saturated heterocycles. The minimum absolute atomic E-state index is 0. The quantitative estimate of drug-likeness (QED) is 0.100. The molecule has 0 aliphatic carbocycles. The number of hydrogen-bond acceptors (Lipinski definition) is 8. The van der Waals surface area contributed by atoms with Crippen molar-refractivity contribution >= 4 is 35.7 Å². The number of rotatable bonds is 10. The second-order valence-electron chi connectivity index (χ2n) is 12.7.